The summed E-state index contributed by atoms with van der Waals surface area (Å²) in [6, 6.07) is 13.8. The van der Waals surface area contributed by atoms with Gasteiger partial charge in [-0.2, -0.15) is 0 Å². The fourth-order valence-electron chi connectivity index (χ4n) is 8.86. The molecule has 2 aromatic carbocycles. The molecule has 0 radical (unpaired) electrons. The second-order valence-corrected chi connectivity index (χ2v) is 14.8. The number of anilines is 1. The summed E-state index contributed by atoms with van der Waals surface area (Å²) in [5, 5.41) is 0. The van der Waals surface area contributed by atoms with Crippen molar-refractivity contribution in [2.45, 2.75) is 72.1 Å². The van der Waals surface area contributed by atoms with Crippen molar-refractivity contribution in [2.75, 3.05) is 4.90 Å². The molecule has 1 unspecified atom stereocenters. The van der Waals surface area contributed by atoms with Crippen molar-refractivity contribution in [1.29, 1.82) is 0 Å². The van der Waals surface area contributed by atoms with E-state index in [4.69, 9.17) is 0 Å². The Balaban J connectivity index is 1.40. The van der Waals surface area contributed by atoms with Crippen LogP contribution in [0, 0.1) is 11.3 Å². The van der Waals surface area contributed by atoms with E-state index < -0.39 is 0 Å². The molecule has 6 aliphatic carbocycles. The molecule has 0 amide bonds. The molecule has 0 heterocycles. The summed E-state index contributed by atoms with van der Waals surface area (Å²) < 4.78 is 0. The Morgan fingerprint density at radius 1 is 0.830 bits per heavy atom. The first-order valence-electron chi connectivity index (χ1n) is 17.5. The van der Waals surface area contributed by atoms with Crippen molar-refractivity contribution < 1.29 is 0 Å². The van der Waals surface area contributed by atoms with Crippen LogP contribution in [0.3, 0.4) is 0 Å². The standard InChI is InChI=1S/C46H45N/c1-6-7-9-18-33-25-28-41-43(37-20-13-15-22-40(37)45(41,2)3)44(33)47(34-26-23-32(24-27-34)31-16-10-8-11-17-31)35-29-38-36-19-12-14-21-39(36)46(4,5)42(38)30-35/h6-10,12-16,18-20,22-23,25-26,28,30,39H,11,17,21,24,27H2,1-5H3/b7-6-,18-9-. The maximum atomic E-state index is 4.05. The minimum Gasteiger partial charge on any atom is -0.306 e. The van der Waals surface area contributed by atoms with Crippen LogP contribution in [0.1, 0.15) is 83.4 Å². The van der Waals surface area contributed by atoms with Gasteiger partial charge in [0.15, 0.2) is 0 Å². The average molecular weight is 612 g/mol. The first-order valence-corrected chi connectivity index (χ1v) is 17.5. The second-order valence-electron chi connectivity index (χ2n) is 14.8. The summed E-state index contributed by atoms with van der Waals surface area (Å²) in [6.45, 7) is 11.7. The third-order valence-corrected chi connectivity index (χ3v) is 11.5. The van der Waals surface area contributed by atoms with Gasteiger partial charge >= 0.3 is 0 Å². The molecular formula is C46H45N. The minimum atomic E-state index is -0.0845. The van der Waals surface area contributed by atoms with E-state index >= 15 is 0 Å². The molecule has 8 rings (SSSR count). The maximum absolute atomic E-state index is 4.05. The van der Waals surface area contributed by atoms with Gasteiger partial charge in [0.05, 0.1) is 11.4 Å². The molecule has 47 heavy (non-hydrogen) atoms. The van der Waals surface area contributed by atoms with Crippen molar-refractivity contribution >= 4 is 11.8 Å². The van der Waals surface area contributed by atoms with E-state index in [0.29, 0.717) is 5.92 Å². The Hall–Kier alpha value is -4.58. The minimum absolute atomic E-state index is 0.0587. The lowest BCUT2D eigenvalue weighted by molar-refractivity contribution is 0.343. The topological polar surface area (TPSA) is 3.24 Å². The third kappa shape index (κ3) is 4.67. The van der Waals surface area contributed by atoms with Crippen LogP contribution < -0.4 is 4.90 Å². The van der Waals surface area contributed by atoms with Gasteiger partial charge in [-0.1, -0.05) is 137 Å². The number of benzene rings is 2. The molecule has 0 saturated heterocycles. The Bertz CT molecular complexity index is 2040. The summed E-state index contributed by atoms with van der Waals surface area (Å²) in [4.78, 5) is 2.59. The van der Waals surface area contributed by atoms with Gasteiger partial charge in [0.2, 0.25) is 0 Å². The van der Waals surface area contributed by atoms with Gasteiger partial charge in [-0.25, -0.2) is 0 Å². The highest BCUT2D eigenvalue weighted by molar-refractivity contribution is 5.96. The fraction of sp³-hybridized carbons (Fsp3) is 0.283. The van der Waals surface area contributed by atoms with E-state index in [2.05, 4.69) is 161 Å². The summed E-state index contributed by atoms with van der Waals surface area (Å²) in [5.74, 6) is 0.515. The summed E-state index contributed by atoms with van der Waals surface area (Å²) >= 11 is 0. The number of rotatable bonds is 6. The highest BCUT2D eigenvalue weighted by Gasteiger charge is 2.47. The van der Waals surface area contributed by atoms with E-state index in [1.807, 2.05) is 0 Å². The smallest absolute Gasteiger partial charge is 0.0897 e. The van der Waals surface area contributed by atoms with Gasteiger partial charge in [0.25, 0.3) is 0 Å². The second kappa shape index (κ2) is 11.3. The molecule has 1 nitrogen and oxygen atoms in total. The van der Waals surface area contributed by atoms with Crippen LogP contribution in [-0.2, 0) is 5.41 Å². The van der Waals surface area contributed by atoms with Crippen molar-refractivity contribution in [2.24, 2.45) is 11.3 Å². The van der Waals surface area contributed by atoms with E-state index in [1.54, 1.807) is 0 Å². The number of hydrogen-bond donors (Lipinski definition) is 0. The first-order chi connectivity index (χ1) is 22.8. The SMILES string of the molecule is C/C=C\C=C/c1ccc2c(c1N(C1=C=C3C4=CC=CCC4C(C)(C)C3=C1)C1=CC=C(C3=CC=CCC3)CC1)-c1ccccc1C2(C)C. The van der Waals surface area contributed by atoms with E-state index in [0.717, 1.165) is 37.8 Å². The molecule has 1 heteroatoms. The number of nitrogens with zero attached hydrogens (tertiary/aromatic N) is 1. The molecule has 1 fully saturated rings. The van der Waals surface area contributed by atoms with Crippen molar-refractivity contribution in [3.8, 4) is 11.1 Å². The maximum Gasteiger partial charge on any atom is 0.0897 e. The lowest BCUT2D eigenvalue weighted by Crippen LogP contribution is -2.25. The predicted octanol–water partition coefficient (Wildman–Crippen LogP) is 12.2. The van der Waals surface area contributed by atoms with E-state index in [1.165, 1.54) is 67.1 Å². The molecular weight excluding hydrogens is 567 g/mol. The zero-order chi connectivity index (χ0) is 32.3. The Kier molecular flexibility index (Phi) is 7.16. The van der Waals surface area contributed by atoms with Crippen LogP contribution >= 0.6 is 0 Å². The van der Waals surface area contributed by atoms with Crippen LogP contribution in [-0.4, -0.2) is 0 Å². The van der Waals surface area contributed by atoms with Crippen molar-refractivity contribution in [3.63, 3.8) is 0 Å². The van der Waals surface area contributed by atoms with Crippen molar-refractivity contribution in [3.05, 3.63) is 171 Å². The van der Waals surface area contributed by atoms with Gasteiger partial charge in [0.1, 0.15) is 0 Å². The molecule has 2 aromatic rings. The van der Waals surface area contributed by atoms with E-state index in [-0.39, 0.29) is 10.8 Å². The zero-order valence-electron chi connectivity index (χ0n) is 28.5. The molecule has 0 aromatic heterocycles. The highest BCUT2D eigenvalue weighted by Crippen LogP contribution is 2.59. The van der Waals surface area contributed by atoms with Crippen LogP contribution in [0.2, 0.25) is 0 Å². The van der Waals surface area contributed by atoms with Gasteiger partial charge in [-0.3, -0.25) is 0 Å². The van der Waals surface area contributed by atoms with Crippen LogP contribution in [0.25, 0.3) is 17.2 Å². The Labute approximate surface area is 281 Å². The lowest BCUT2D eigenvalue weighted by atomic mass is 9.75. The fourth-order valence-corrected chi connectivity index (χ4v) is 8.86. The molecule has 6 aliphatic rings. The lowest BCUT2D eigenvalue weighted by Gasteiger charge is -2.34. The highest BCUT2D eigenvalue weighted by atomic mass is 15.2. The average Bonchev–Trinajstić information content (AvgIpc) is 3.70. The summed E-state index contributed by atoms with van der Waals surface area (Å²) in [7, 11) is 0. The van der Waals surface area contributed by atoms with E-state index in [9.17, 15) is 0 Å². The van der Waals surface area contributed by atoms with Crippen LogP contribution in [0.5, 0.6) is 0 Å². The Morgan fingerprint density at radius 2 is 1.66 bits per heavy atom. The molecule has 0 aliphatic heterocycles. The molecule has 0 spiro atoms. The van der Waals surface area contributed by atoms with Gasteiger partial charge in [0, 0.05) is 22.2 Å². The molecule has 1 saturated carbocycles. The quantitative estimate of drug-likeness (QED) is 0.232. The molecule has 0 bridgehead atoms. The van der Waals surface area contributed by atoms with Crippen LogP contribution in [0.4, 0.5) is 5.69 Å². The normalized spacial score (nSPS) is 22.9. The number of hydrogen-bond acceptors (Lipinski definition) is 1. The largest absolute Gasteiger partial charge is 0.306 e. The summed E-state index contributed by atoms with van der Waals surface area (Å²) in [6.07, 6.45) is 35.2. The molecule has 0 N–H and O–H groups in total. The zero-order valence-corrected chi connectivity index (χ0v) is 28.5. The third-order valence-electron chi connectivity index (χ3n) is 11.5. The summed E-state index contributed by atoms with van der Waals surface area (Å²) in [5.41, 5.74) is 21.7. The number of fused-ring (bicyclic) bond motifs is 6. The van der Waals surface area contributed by atoms with Crippen molar-refractivity contribution in [1.82, 2.24) is 0 Å². The molecule has 234 valence electrons. The Morgan fingerprint density at radius 3 is 2.45 bits per heavy atom. The monoisotopic (exact) mass is 611 g/mol. The predicted molar refractivity (Wildman–Crippen MR) is 200 cm³/mol. The van der Waals surface area contributed by atoms with Gasteiger partial charge in [-0.05, 0) is 107 Å². The molecule has 1 atom stereocenters. The number of allylic oxidation sites excluding steroid dienone is 17. The van der Waals surface area contributed by atoms with Gasteiger partial charge in [-0.15, -0.1) is 0 Å². The van der Waals surface area contributed by atoms with Gasteiger partial charge < -0.3 is 4.90 Å². The van der Waals surface area contributed by atoms with Crippen LogP contribution in [0.15, 0.2) is 154 Å². The first kappa shape index (κ1) is 29.8.